The van der Waals surface area contributed by atoms with Crippen LogP contribution in [-0.4, -0.2) is 54.0 Å². The number of piperazine rings is 1. The lowest BCUT2D eigenvalue weighted by atomic mass is 10.0. The Balaban J connectivity index is 1.26. The van der Waals surface area contributed by atoms with Crippen molar-refractivity contribution in [3.63, 3.8) is 0 Å². The zero-order valence-corrected chi connectivity index (χ0v) is 17.5. The molecule has 0 radical (unpaired) electrons. The van der Waals surface area contributed by atoms with Crippen LogP contribution in [0.25, 0.3) is 0 Å². The number of amides is 3. The van der Waals surface area contributed by atoms with Crippen LogP contribution >= 0.6 is 11.3 Å². The molecule has 154 valence electrons. The molecule has 1 aliphatic heterocycles. The van der Waals surface area contributed by atoms with Gasteiger partial charge in [-0.15, -0.1) is 11.3 Å². The van der Waals surface area contributed by atoms with Crippen LogP contribution in [-0.2, 0) is 17.6 Å². The second-order valence-corrected chi connectivity index (χ2v) is 8.65. The predicted octanol–water partition coefficient (Wildman–Crippen LogP) is 2.88. The third-order valence-corrected chi connectivity index (χ3v) is 6.57. The van der Waals surface area contributed by atoms with E-state index in [4.69, 9.17) is 0 Å². The molecule has 2 aliphatic rings. The van der Waals surface area contributed by atoms with Crippen molar-refractivity contribution < 1.29 is 9.59 Å². The first-order valence-electron chi connectivity index (χ1n) is 10.2. The largest absolute Gasteiger partial charge is 0.368 e. The molecule has 1 fully saturated rings. The Morgan fingerprint density at radius 2 is 1.79 bits per heavy atom. The van der Waals surface area contributed by atoms with Gasteiger partial charge in [0.1, 0.15) is 6.04 Å². The molecule has 4 rings (SSSR count). The molecule has 1 aromatic heterocycles. The molecule has 0 bridgehead atoms. The smallest absolute Gasteiger partial charge is 0.318 e. The number of carbonyl (C=O) groups is 2. The number of thiazole rings is 1. The number of aromatic nitrogens is 1. The summed E-state index contributed by atoms with van der Waals surface area (Å²) in [6, 6.07) is 9.40. The van der Waals surface area contributed by atoms with Crippen molar-refractivity contribution in [1.82, 2.24) is 15.2 Å². The molecule has 1 saturated heterocycles. The van der Waals surface area contributed by atoms with E-state index in [0.29, 0.717) is 18.2 Å². The van der Waals surface area contributed by atoms with E-state index in [1.807, 2.05) is 18.2 Å². The van der Waals surface area contributed by atoms with Crippen LogP contribution in [0.3, 0.4) is 0 Å². The lowest BCUT2D eigenvalue weighted by Crippen LogP contribution is -2.54. The molecule has 2 aromatic rings. The summed E-state index contributed by atoms with van der Waals surface area (Å²) in [5.74, 6) is -0.229. The highest BCUT2D eigenvalue weighted by Gasteiger charge is 2.25. The molecule has 8 heteroatoms. The van der Waals surface area contributed by atoms with Crippen LogP contribution in [0.2, 0.25) is 0 Å². The van der Waals surface area contributed by atoms with E-state index in [1.165, 1.54) is 17.0 Å². The Bertz CT molecular complexity index is 838. The zero-order chi connectivity index (χ0) is 20.2. The van der Waals surface area contributed by atoms with Crippen molar-refractivity contribution in [2.24, 2.45) is 0 Å². The Labute approximate surface area is 175 Å². The monoisotopic (exact) mass is 413 g/mol. The number of para-hydroxylation sites is 1. The highest BCUT2D eigenvalue weighted by Crippen LogP contribution is 2.29. The Hall–Kier alpha value is -2.61. The van der Waals surface area contributed by atoms with Gasteiger partial charge < -0.3 is 20.4 Å². The zero-order valence-electron chi connectivity index (χ0n) is 16.7. The van der Waals surface area contributed by atoms with Crippen molar-refractivity contribution in [3.05, 3.63) is 40.9 Å². The Kier molecular flexibility index (Phi) is 5.99. The minimum Gasteiger partial charge on any atom is -0.368 e. The average molecular weight is 414 g/mol. The molecule has 0 saturated carbocycles. The number of fused-ring (bicyclic) bond motifs is 1. The molecule has 0 spiro atoms. The summed E-state index contributed by atoms with van der Waals surface area (Å²) < 4.78 is 0. The molecule has 3 amide bonds. The summed E-state index contributed by atoms with van der Waals surface area (Å²) in [6.45, 7) is 4.54. The lowest BCUT2D eigenvalue weighted by Gasteiger charge is -2.36. The number of aryl methyl sites for hydroxylation is 2. The molecular weight excluding hydrogens is 386 g/mol. The number of nitrogens with zero attached hydrogens (tertiary/aromatic N) is 3. The second kappa shape index (κ2) is 8.82. The van der Waals surface area contributed by atoms with E-state index in [0.717, 1.165) is 38.0 Å². The van der Waals surface area contributed by atoms with Crippen molar-refractivity contribution in [1.29, 1.82) is 0 Å². The molecular formula is C21H27N5O2S. The van der Waals surface area contributed by atoms with E-state index in [1.54, 1.807) is 23.2 Å². The quantitative estimate of drug-likeness (QED) is 0.808. The Morgan fingerprint density at radius 3 is 2.52 bits per heavy atom. The van der Waals surface area contributed by atoms with Gasteiger partial charge in [0.05, 0.1) is 5.69 Å². The van der Waals surface area contributed by atoms with Gasteiger partial charge >= 0.3 is 6.03 Å². The average Bonchev–Trinajstić information content (AvgIpc) is 3.16. The van der Waals surface area contributed by atoms with Gasteiger partial charge in [0.2, 0.25) is 5.91 Å². The number of urea groups is 1. The first-order chi connectivity index (χ1) is 14.1. The van der Waals surface area contributed by atoms with Gasteiger partial charge in [-0.1, -0.05) is 18.2 Å². The number of rotatable bonds is 4. The first kappa shape index (κ1) is 19.7. The maximum atomic E-state index is 12.6. The standard InChI is InChI=1S/C21H27N5O2S/c1-15(19(27)24-20-23-17-9-5-6-10-18(17)29-20)22-21(28)26-13-11-25(12-14-26)16-7-3-2-4-8-16/h2-4,7-8,15H,5-6,9-14H2,1H3,(H,22,28)(H,23,24,27)/t15-/m1/s1. The van der Waals surface area contributed by atoms with E-state index < -0.39 is 6.04 Å². The number of anilines is 2. The van der Waals surface area contributed by atoms with Crippen molar-refractivity contribution in [2.75, 3.05) is 36.4 Å². The summed E-state index contributed by atoms with van der Waals surface area (Å²) >= 11 is 1.55. The molecule has 1 aliphatic carbocycles. The summed E-state index contributed by atoms with van der Waals surface area (Å²) in [5, 5.41) is 6.32. The van der Waals surface area contributed by atoms with Crippen LogP contribution in [0.5, 0.6) is 0 Å². The fourth-order valence-electron chi connectivity index (χ4n) is 3.77. The molecule has 2 N–H and O–H groups in total. The fraction of sp³-hybridized carbons (Fsp3) is 0.476. The van der Waals surface area contributed by atoms with Gasteiger partial charge in [0, 0.05) is 36.7 Å². The van der Waals surface area contributed by atoms with Crippen LogP contribution in [0.4, 0.5) is 15.6 Å². The first-order valence-corrected chi connectivity index (χ1v) is 11.1. The molecule has 1 atom stereocenters. The van der Waals surface area contributed by atoms with Gasteiger partial charge in [0.15, 0.2) is 5.13 Å². The van der Waals surface area contributed by atoms with Crippen LogP contribution < -0.4 is 15.5 Å². The van der Waals surface area contributed by atoms with Crippen molar-refractivity contribution in [2.45, 2.75) is 38.6 Å². The molecule has 2 heterocycles. The number of hydrogen-bond acceptors (Lipinski definition) is 5. The third-order valence-electron chi connectivity index (χ3n) is 5.50. The molecule has 0 unspecified atom stereocenters. The van der Waals surface area contributed by atoms with E-state index in [9.17, 15) is 9.59 Å². The molecule has 1 aromatic carbocycles. The fourth-order valence-corrected chi connectivity index (χ4v) is 4.82. The minimum absolute atomic E-state index is 0.196. The van der Waals surface area contributed by atoms with Crippen LogP contribution in [0.1, 0.15) is 30.3 Å². The second-order valence-electron chi connectivity index (χ2n) is 7.57. The summed E-state index contributed by atoms with van der Waals surface area (Å²) in [4.78, 5) is 34.9. The minimum atomic E-state index is -0.615. The summed E-state index contributed by atoms with van der Waals surface area (Å²) in [6.07, 6.45) is 4.38. The summed E-state index contributed by atoms with van der Waals surface area (Å²) in [5.41, 5.74) is 2.29. The number of hydrogen-bond donors (Lipinski definition) is 2. The number of benzene rings is 1. The molecule has 7 nitrogen and oxygen atoms in total. The van der Waals surface area contributed by atoms with Gasteiger partial charge in [-0.3, -0.25) is 4.79 Å². The van der Waals surface area contributed by atoms with E-state index in [-0.39, 0.29) is 11.9 Å². The third kappa shape index (κ3) is 4.70. The van der Waals surface area contributed by atoms with Gasteiger partial charge in [-0.2, -0.15) is 0 Å². The predicted molar refractivity (Wildman–Crippen MR) is 116 cm³/mol. The van der Waals surface area contributed by atoms with E-state index >= 15 is 0 Å². The number of carbonyl (C=O) groups excluding carboxylic acids is 2. The topological polar surface area (TPSA) is 77.6 Å². The highest BCUT2D eigenvalue weighted by molar-refractivity contribution is 7.15. The maximum Gasteiger partial charge on any atom is 0.318 e. The summed E-state index contributed by atoms with van der Waals surface area (Å²) in [7, 11) is 0. The van der Waals surface area contributed by atoms with Gasteiger partial charge in [-0.25, -0.2) is 9.78 Å². The van der Waals surface area contributed by atoms with Crippen molar-refractivity contribution in [3.8, 4) is 0 Å². The Morgan fingerprint density at radius 1 is 1.07 bits per heavy atom. The van der Waals surface area contributed by atoms with Crippen LogP contribution in [0, 0.1) is 0 Å². The van der Waals surface area contributed by atoms with Gasteiger partial charge in [-0.05, 0) is 44.7 Å². The maximum absolute atomic E-state index is 12.6. The number of nitrogens with one attached hydrogen (secondary N) is 2. The molecule has 29 heavy (non-hydrogen) atoms. The van der Waals surface area contributed by atoms with E-state index in [2.05, 4.69) is 32.7 Å². The lowest BCUT2D eigenvalue weighted by molar-refractivity contribution is -0.117. The highest BCUT2D eigenvalue weighted by atomic mass is 32.1. The van der Waals surface area contributed by atoms with Crippen molar-refractivity contribution >= 4 is 34.1 Å². The normalized spacial score (nSPS) is 17.4. The van der Waals surface area contributed by atoms with Gasteiger partial charge in [0.25, 0.3) is 0 Å². The SMILES string of the molecule is C[C@@H](NC(=O)N1CCN(c2ccccc2)CC1)C(=O)Nc1nc2c(s1)CCCC2. The van der Waals surface area contributed by atoms with Crippen LogP contribution in [0.15, 0.2) is 30.3 Å².